The summed E-state index contributed by atoms with van der Waals surface area (Å²) in [5.74, 6) is 1.35. The SMILES string of the molecule is CCOc1ncc(C(=O)N2CC3CCC(N)C3C2)cc1Cl.Cl. The Bertz CT molecular complexity index is 556. The monoisotopic (exact) mass is 345 g/mol. The molecule has 7 heteroatoms. The van der Waals surface area contributed by atoms with Gasteiger partial charge in [-0.3, -0.25) is 4.79 Å². The van der Waals surface area contributed by atoms with Gasteiger partial charge in [0, 0.05) is 25.3 Å². The minimum atomic E-state index is -0.0194. The van der Waals surface area contributed by atoms with Crippen LogP contribution in [0.2, 0.25) is 5.02 Å². The van der Waals surface area contributed by atoms with Crippen molar-refractivity contribution >= 4 is 29.9 Å². The van der Waals surface area contributed by atoms with Crippen LogP contribution in [0.25, 0.3) is 0 Å². The second-order valence-corrected chi connectivity index (χ2v) is 6.23. The van der Waals surface area contributed by atoms with Crippen LogP contribution in [0.3, 0.4) is 0 Å². The van der Waals surface area contributed by atoms with Crippen molar-refractivity contribution in [2.45, 2.75) is 25.8 Å². The van der Waals surface area contributed by atoms with Crippen LogP contribution in [-0.2, 0) is 0 Å². The van der Waals surface area contributed by atoms with E-state index >= 15 is 0 Å². The molecule has 1 aromatic heterocycles. The Labute approximate surface area is 141 Å². The molecule has 3 rings (SSSR count). The number of carbonyl (C=O) groups excluding carboxylic acids is 1. The van der Waals surface area contributed by atoms with Gasteiger partial charge in [0.25, 0.3) is 5.91 Å². The van der Waals surface area contributed by atoms with Gasteiger partial charge in [0.15, 0.2) is 0 Å². The molecular weight excluding hydrogens is 325 g/mol. The zero-order chi connectivity index (χ0) is 15.0. The highest BCUT2D eigenvalue weighted by Crippen LogP contribution is 2.37. The van der Waals surface area contributed by atoms with E-state index in [0.717, 1.165) is 25.9 Å². The molecule has 0 aromatic carbocycles. The van der Waals surface area contributed by atoms with E-state index in [1.807, 2.05) is 11.8 Å². The Hall–Kier alpha value is -1.04. The summed E-state index contributed by atoms with van der Waals surface area (Å²) >= 11 is 6.10. The van der Waals surface area contributed by atoms with E-state index in [9.17, 15) is 4.79 Å². The number of likely N-dealkylation sites (tertiary alicyclic amines) is 1. The summed E-state index contributed by atoms with van der Waals surface area (Å²) in [4.78, 5) is 18.6. The number of nitrogens with zero attached hydrogens (tertiary/aromatic N) is 2. The van der Waals surface area contributed by atoms with Crippen LogP contribution in [0.15, 0.2) is 12.3 Å². The number of ether oxygens (including phenoxy) is 1. The third-order valence-electron chi connectivity index (χ3n) is 4.53. The van der Waals surface area contributed by atoms with E-state index in [-0.39, 0.29) is 24.4 Å². The van der Waals surface area contributed by atoms with E-state index in [1.165, 1.54) is 6.20 Å². The number of hydrogen-bond donors (Lipinski definition) is 1. The molecule has 1 amide bonds. The average Bonchev–Trinajstić information content (AvgIpc) is 3.03. The molecule has 122 valence electrons. The minimum absolute atomic E-state index is 0. The van der Waals surface area contributed by atoms with Gasteiger partial charge in [-0.1, -0.05) is 11.6 Å². The fourth-order valence-electron chi connectivity index (χ4n) is 3.44. The van der Waals surface area contributed by atoms with Crippen molar-refractivity contribution in [3.63, 3.8) is 0 Å². The summed E-state index contributed by atoms with van der Waals surface area (Å²) in [6.07, 6.45) is 3.74. The highest BCUT2D eigenvalue weighted by molar-refractivity contribution is 6.32. The van der Waals surface area contributed by atoms with Crippen molar-refractivity contribution in [2.24, 2.45) is 17.6 Å². The van der Waals surface area contributed by atoms with Crippen molar-refractivity contribution in [3.05, 3.63) is 22.8 Å². The molecule has 3 unspecified atom stereocenters. The summed E-state index contributed by atoms with van der Waals surface area (Å²) in [6.45, 7) is 3.90. The van der Waals surface area contributed by atoms with Crippen molar-refractivity contribution in [2.75, 3.05) is 19.7 Å². The largest absolute Gasteiger partial charge is 0.477 e. The number of amides is 1. The number of fused-ring (bicyclic) bond motifs is 1. The van der Waals surface area contributed by atoms with Crippen LogP contribution < -0.4 is 10.5 Å². The maximum atomic E-state index is 12.6. The minimum Gasteiger partial charge on any atom is -0.477 e. The van der Waals surface area contributed by atoms with Crippen LogP contribution in [0.4, 0.5) is 0 Å². The predicted octanol–water partition coefficient (Wildman–Crippen LogP) is 2.36. The molecule has 1 aliphatic carbocycles. The number of rotatable bonds is 3. The Morgan fingerprint density at radius 1 is 1.50 bits per heavy atom. The molecule has 0 radical (unpaired) electrons. The first-order valence-electron chi connectivity index (χ1n) is 7.43. The topological polar surface area (TPSA) is 68.5 Å². The Balaban J connectivity index is 0.00000176. The van der Waals surface area contributed by atoms with E-state index in [4.69, 9.17) is 22.1 Å². The van der Waals surface area contributed by atoms with Crippen molar-refractivity contribution < 1.29 is 9.53 Å². The number of pyridine rings is 1. The van der Waals surface area contributed by atoms with Gasteiger partial charge in [0.05, 0.1) is 12.2 Å². The first-order valence-corrected chi connectivity index (χ1v) is 7.81. The smallest absolute Gasteiger partial charge is 0.255 e. The highest BCUT2D eigenvalue weighted by atomic mass is 35.5. The summed E-state index contributed by atoms with van der Waals surface area (Å²) in [7, 11) is 0. The molecule has 2 heterocycles. The zero-order valence-corrected chi connectivity index (χ0v) is 14.1. The first-order chi connectivity index (χ1) is 10.1. The average molecular weight is 346 g/mol. The summed E-state index contributed by atoms with van der Waals surface area (Å²) < 4.78 is 5.29. The van der Waals surface area contributed by atoms with Gasteiger partial charge in [-0.15, -0.1) is 12.4 Å². The van der Waals surface area contributed by atoms with Crippen LogP contribution >= 0.6 is 24.0 Å². The number of carbonyl (C=O) groups is 1. The molecular formula is C15H21Cl2N3O2. The van der Waals surface area contributed by atoms with Crippen molar-refractivity contribution in [1.29, 1.82) is 0 Å². The van der Waals surface area contributed by atoms with Gasteiger partial charge in [0.2, 0.25) is 5.88 Å². The van der Waals surface area contributed by atoms with Crippen LogP contribution in [-0.4, -0.2) is 41.5 Å². The lowest BCUT2D eigenvalue weighted by molar-refractivity contribution is 0.0779. The molecule has 0 spiro atoms. The molecule has 2 N–H and O–H groups in total. The lowest BCUT2D eigenvalue weighted by Gasteiger charge is -2.19. The molecule has 5 nitrogen and oxygen atoms in total. The highest BCUT2D eigenvalue weighted by Gasteiger charge is 2.42. The second-order valence-electron chi connectivity index (χ2n) is 5.82. The number of halogens is 2. The van der Waals surface area contributed by atoms with Gasteiger partial charge in [-0.05, 0) is 37.7 Å². The third kappa shape index (κ3) is 3.16. The maximum absolute atomic E-state index is 12.6. The van der Waals surface area contributed by atoms with E-state index in [1.54, 1.807) is 6.07 Å². The van der Waals surface area contributed by atoms with E-state index in [0.29, 0.717) is 34.9 Å². The fourth-order valence-corrected chi connectivity index (χ4v) is 3.66. The Morgan fingerprint density at radius 3 is 2.91 bits per heavy atom. The number of hydrogen-bond acceptors (Lipinski definition) is 4. The first kappa shape index (κ1) is 17.3. The van der Waals surface area contributed by atoms with Gasteiger partial charge >= 0.3 is 0 Å². The standard InChI is InChI=1S/C15H20ClN3O2.ClH/c1-2-21-14-12(16)5-10(6-18-14)15(20)19-7-9-3-4-13(17)11(9)8-19;/h5-6,9,11,13H,2-4,7-8,17H2,1H3;1H. The van der Waals surface area contributed by atoms with Crippen molar-refractivity contribution in [3.8, 4) is 5.88 Å². The van der Waals surface area contributed by atoms with Gasteiger partial charge in [-0.25, -0.2) is 4.98 Å². The maximum Gasteiger partial charge on any atom is 0.255 e. The number of aromatic nitrogens is 1. The second kappa shape index (κ2) is 7.02. The molecule has 1 saturated carbocycles. The summed E-state index contributed by atoms with van der Waals surface area (Å²) in [6, 6.07) is 1.87. The van der Waals surface area contributed by atoms with Gasteiger partial charge in [-0.2, -0.15) is 0 Å². The Morgan fingerprint density at radius 2 is 2.27 bits per heavy atom. The summed E-state index contributed by atoms with van der Waals surface area (Å²) in [5, 5.41) is 0.374. The lowest BCUT2D eigenvalue weighted by atomic mass is 9.98. The van der Waals surface area contributed by atoms with Crippen molar-refractivity contribution in [1.82, 2.24) is 9.88 Å². The fraction of sp³-hybridized carbons (Fsp3) is 0.600. The molecule has 1 aromatic rings. The van der Waals surface area contributed by atoms with E-state index in [2.05, 4.69) is 4.98 Å². The van der Waals surface area contributed by atoms with Crippen LogP contribution in [0, 0.1) is 11.8 Å². The normalized spacial score (nSPS) is 26.5. The Kier molecular flexibility index (Phi) is 5.53. The molecule has 2 aliphatic rings. The molecule has 1 saturated heterocycles. The molecule has 1 aliphatic heterocycles. The molecule has 22 heavy (non-hydrogen) atoms. The van der Waals surface area contributed by atoms with Gasteiger partial charge in [0.1, 0.15) is 5.02 Å². The molecule has 3 atom stereocenters. The molecule has 0 bridgehead atoms. The van der Waals surface area contributed by atoms with E-state index < -0.39 is 0 Å². The lowest BCUT2D eigenvalue weighted by Crippen LogP contribution is -2.33. The quantitative estimate of drug-likeness (QED) is 0.912. The zero-order valence-electron chi connectivity index (χ0n) is 12.5. The predicted molar refractivity (Wildman–Crippen MR) is 87.8 cm³/mol. The number of nitrogens with two attached hydrogens (primary N) is 1. The van der Waals surface area contributed by atoms with Crippen LogP contribution in [0.1, 0.15) is 30.1 Å². The third-order valence-corrected chi connectivity index (χ3v) is 4.81. The van der Waals surface area contributed by atoms with Gasteiger partial charge < -0.3 is 15.4 Å². The molecule has 2 fully saturated rings. The summed E-state index contributed by atoms with van der Waals surface area (Å²) in [5.41, 5.74) is 6.62. The van der Waals surface area contributed by atoms with Crippen LogP contribution in [0.5, 0.6) is 5.88 Å².